The normalized spacial score (nSPS) is 19.2. The second kappa shape index (κ2) is 9.54. The molecular formula is C23H30N2O7S. The molecule has 1 aliphatic rings. The van der Waals surface area contributed by atoms with Crippen LogP contribution < -0.4 is 5.32 Å². The van der Waals surface area contributed by atoms with Crippen molar-refractivity contribution in [3.63, 3.8) is 0 Å². The van der Waals surface area contributed by atoms with Crippen LogP contribution in [0.5, 0.6) is 0 Å². The van der Waals surface area contributed by atoms with Gasteiger partial charge in [0.15, 0.2) is 9.84 Å². The maximum atomic E-state index is 13.0. The summed E-state index contributed by atoms with van der Waals surface area (Å²) in [6.07, 6.45) is 1.52. The molecule has 2 aromatic rings. The van der Waals surface area contributed by atoms with E-state index in [9.17, 15) is 18.0 Å². The van der Waals surface area contributed by atoms with E-state index < -0.39 is 32.8 Å². The summed E-state index contributed by atoms with van der Waals surface area (Å²) >= 11 is 0. The number of rotatable bonds is 6. The van der Waals surface area contributed by atoms with Gasteiger partial charge in [-0.25, -0.2) is 23.0 Å². The average molecular weight is 479 g/mol. The fourth-order valence-electron chi connectivity index (χ4n) is 3.79. The van der Waals surface area contributed by atoms with Gasteiger partial charge < -0.3 is 19.6 Å². The zero-order valence-electron chi connectivity index (χ0n) is 19.3. The highest BCUT2D eigenvalue weighted by atomic mass is 32.2. The summed E-state index contributed by atoms with van der Waals surface area (Å²) < 4.78 is 37.0. The predicted molar refractivity (Wildman–Crippen MR) is 122 cm³/mol. The lowest BCUT2D eigenvalue weighted by molar-refractivity contribution is 0.0493. The third-order valence-electron chi connectivity index (χ3n) is 5.51. The van der Waals surface area contributed by atoms with Gasteiger partial charge in [0.1, 0.15) is 11.4 Å². The first kappa shape index (κ1) is 24.8. The summed E-state index contributed by atoms with van der Waals surface area (Å²) in [5, 5.41) is 11.3. The number of amides is 1. The van der Waals surface area contributed by atoms with Crippen molar-refractivity contribution in [2.24, 2.45) is 0 Å². The molecule has 0 bridgehead atoms. The number of benzene rings is 1. The van der Waals surface area contributed by atoms with Gasteiger partial charge in [-0.15, -0.1) is 0 Å². The molecule has 1 fully saturated rings. The largest absolute Gasteiger partial charge is 0.478 e. The van der Waals surface area contributed by atoms with Crippen LogP contribution >= 0.6 is 0 Å². The number of aryl methyl sites for hydroxylation is 1. The maximum absolute atomic E-state index is 13.0. The molecule has 1 heterocycles. The first-order chi connectivity index (χ1) is 15.3. The Morgan fingerprint density at radius 2 is 1.76 bits per heavy atom. The number of nitrogens with one attached hydrogen (secondary N) is 1. The number of carboxylic acid groups (broad SMARTS) is 1. The Morgan fingerprint density at radius 1 is 1.15 bits per heavy atom. The number of carbonyl (C=O) groups excluding carboxylic acids is 1. The number of oxazole rings is 1. The molecule has 1 amide bonds. The van der Waals surface area contributed by atoms with Gasteiger partial charge >= 0.3 is 12.1 Å². The number of aromatic carboxylic acids is 1. The molecule has 0 aliphatic heterocycles. The molecule has 1 aromatic heterocycles. The van der Waals surface area contributed by atoms with Crippen LogP contribution in [0.15, 0.2) is 28.7 Å². The standard InChI is InChI=1S/C23H30N2O7S/c1-14-19(25-20(31-14)15-5-7-16(8-6-15)21(26)27)13-33(29,30)18-11-9-17(10-12-18)24-22(28)32-23(2,3)4/h5-8,17-18H,9-13H2,1-4H3,(H,24,28)(H,26,27)/t17-,18-. The lowest BCUT2D eigenvalue weighted by Gasteiger charge is -2.29. The van der Waals surface area contributed by atoms with Crippen molar-refractivity contribution >= 4 is 21.9 Å². The monoisotopic (exact) mass is 478 g/mol. The quantitative estimate of drug-likeness (QED) is 0.633. The molecule has 1 aliphatic carbocycles. The van der Waals surface area contributed by atoms with Gasteiger partial charge in [0, 0.05) is 11.6 Å². The minimum atomic E-state index is -3.47. The maximum Gasteiger partial charge on any atom is 0.407 e. The van der Waals surface area contributed by atoms with Crippen molar-refractivity contribution in [3.8, 4) is 11.5 Å². The Kier molecular flexibility index (Phi) is 7.16. The third-order valence-corrected chi connectivity index (χ3v) is 7.68. The molecular weight excluding hydrogens is 448 g/mol. The SMILES string of the molecule is Cc1oc(-c2ccc(C(=O)O)cc2)nc1CS(=O)(=O)[C@H]1CC[C@H](NC(=O)OC(C)(C)C)CC1. The third kappa shape index (κ3) is 6.56. The van der Waals surface area contributed by atoms with Crippen LogP contribution in [0.2, 0.25) is 0 Å². The van der Waals surface area contributed by atoms with Gasteiger partial charge in [0.2, 0.25) is 5.89 Å². The number of hydrogen-bond acceptors (Lipinski definition) is 7. The Balaban J connectivity index is 1.61. The van der Waals surface area contributed by atoms with Gasteiger partial charge in [-0.1, -0.05) is 0 Å². The average Bonchev–Trinajstić information content (AvgIpc) is 3.06. The van der Waals surface area contributed by atoms with Crippen molar-refractivity contribution in [3.05, 3.63) is 41.3 Å². The number of alkyl carbamates (subject to hydrolysis) is 1. The van der Waals surface area contributed by atoms with Crippen LogP contribution in [0.1, 0.15) is 68.3 Å². The Hall–Kier alpha value is -2.88. The van der Waals surface area contributed by atoms with Crippen LogP contribution in [0, 0.1) is 6.92 Å². The number of nitrogens with zero attached hydrogens (tertiary/aromatic N) is 1. The summed E-state index contributed by atoms with van der Waals surface area (Å²) in [4.78, 5) is 27.3. The van der Waals surface area contributed by atoms with Crippen LogP contribution in [-0.2, 0) is 20.3 Å². The van der Waals surface area contributed by atoms with Crippen LogP contribution in [0.25, 0.3) is 11.5 Å². The van der Waals surface area contributed by atoms with E-state index in [2.05, 4.69) is 10.3 Å². The molecule has 0 radical (unpaired) electrons. The lowest BCUT2D eigenvalue weighted by atomic mass is 9.95. The van der Waals surface area contributed by atoms with E-state index in [0.717, 1.165) is 0 Å². The number of carbonyl (C=O) groups is 2. The van der Waals surface area contributed by atoms with E-state index in [1.807, 2.05) is 0 Å². The topological polar surface area (TPSA) is 136 Å². The zero-order chi connectivity index (χ0) is 24.4. The molecule has 0 unspecified atom stereocenters. The van der Waals surface area contributed by atoms with E-state index in [4.69, 9.17) is 14.3 Å². The number of hydrogen-bond donors (Lipinski definition) is 2. The molecule has 0 spiro atoms. The van der Waals surface area contributed by atoms with Gasteiger partial charge in [-0.05, 0) is 77.6 Å². The van der Waals surface area contributed by atoms with E-state index in [1.54, 1.807) is 39.8 Å². The second-order valence-corrected chi connectivity index (χ2v) is 11.6. The zero-order valence-corrected chi connectivity index (χ0v) is 20.1. The summed E-state index contributed by atoms with van der Waals surface area (Å²) in [6.45, 7) is 7.03. The minimum Gasteiger partial charge on any atom is -0.478 e. The number of sulfone groups is 1. The molecule has 180 valence electrons. The molecule has 0 atom stereocenters. The van der Waals surface area contributed by atoms with Crippen molar-refractivity contribution in [1.29, 1.82) is 0 Å². The number of ether oxygens (including phenoxy) is 1. The van der Waals surface area contributed by atoms with E-state index in [0.29, 0.717) is 42.7 Å². The van der Waals surface area contributed by atoms with Crippen molar-refractivity contribution in [2.45, 2.75) is 76.0 Å². The fraction of sp³-hybridized carbons (Fsp3) is 0.522. The second-order valence-electron chi connectivity index (χ2n) is 9.33. The van der Waals surface area contributed by atoms with E-state index in [-0.39, 0.29) is 23.2 Å². The summed E-state index contributed by atoms with van der Waals surface area (Å²) in [6, 6.07) is 5.92. The molecule has 33 heavy (non-hydrogen) atoms. The molecule has 1 saturated carbocycles. The van der Waals surface area contributed by atoms with Gasteiger partial charge in [-0.3, -0.25) is 0 Å². The number of carboxylic acids is 1. The van der Waals surface area contributed by atoms with Crippen LogP contribution in [0.3, 0.4) is 0 Å². The number of aromatic nitrogens is 1. The molecule has 10 heteroatoms. The van der Waals surface area contributed by atoms with Gasteiger partial charge in [-0.2, -0.15) is 0 Å². The molecule has 1 aromatic carbocycles. The van der Waals surface area contributed by atoms with Crippen molar-refractivity contribution in [1.82, 2.24) is 10.3 Å². The smallest absolute Gasteiger partial charge is 0.407 e. The Morgan fingerprint density at radius 3 is 2.30 bits per heavy atom. The molecule has 3 rings (SSSR count). The lowest BCUT2D eigenvalue weighted by Crippen LogP contribution is -2.42. The van der Waals surface area contributed by atoms with Crippen LogP contribution in [-0.4, -0.2) is 47.5 Å². The fourth-order valence-corrected chi connectivity index (χ4v) is 5.66. The molecule has 9 nitrogen and oxygen atoms in total. The predicted octanol–water partition coefficient (Wildman–Crippen LogP) is 4.10. The van der Waals surface area contributed by atoms with E-state index >= 15 is 0 Å². The van der Waals surface area contributed by atoms with Crippen molar-refractivity contribution in [2.75, 3.05) is 0 Å². The summed E-state index contributed by atoms with van der Waals surface area (Å²) in [5.74, 6) is -0.603. The summed E-state index contributed by atoms with van der Waals surface area (Å²) in [5.41, 5.74) is 0.473. The minimum absolute atomic E-state index is 0.111. The summed E-state index contributed by atoms with van der Waals surface area (Å²) in [7, 11) is -3.47. The molecule has 2 N–H and O–H groups in total. The first-order valence-corrected chi connectivity index (χ1v) is 12.6. The van der Waals surface area contributed by atoms with E-state index in [1.165, 1.54) is 12.1 Å². The highest BCUT2D eigenvalue weighted by molar-refractivity contribution is 7.91. The Labute approximate surface area is 193 Å². The Bertz CT molecular complexity index is 1110. The van der Waals surface area contributed by atoms with Crippen LogP contribution in [0.4, 0.5) is 4.79 Å². The highest BCUT2D eigenvalue weighted by Gasteiger charge is 2.33. The van der Waals surface area contributed by atoms with Gasteiger partial charge in [0.05, 0.1) is 22.3 Å². The first-order valence-electron chi connectivity index (χ1n) is 10.8. The van der Waals surface area contributed by atoms with Gasteiger partial charge in [0.25, 0.3) is 0 Å². The highest BCUT2D eigenvalue weighted by Crippen LogP contribution is 2.29. The van der Waals surface area contributed by atoms with Crippen molar-refractivity contribution < 1.29 is 32.3 Å². The molecule has 0 saturated heterocycles.